The lowest BCUT2D eigenvalue weighted by Gasteiger charge is -2.25. The second kappa shape index (κ2) is 7.66. The Balaban J connectivity index is 1.67. The molecule has 0 saturated carbocycles. The number of carbonyl (C=O) groups is 1. The van der Waals surface area contributed by atoms with Crippen LogP contribution in [0.5, 0.6) is 5.75 Å². The molecule has 1 saturated heterocycles. The van der Waals surface area contributed by atoms with E-state index in [1.165, 1.54) is 0 Å². The maximum atomic E-state index is 12.6. The standard InChI is InChI=1S/C21H18ClNO5/c1-13-17-7-6-16(27-21(25)23-8-10-26-11-9-23)12-18(17)28-20(24)19(13)14-2-4-15(22)5-3-14/h2-7,12H,8-11H2,1H3. The number of rotatable bonds is 2. The molecule has 0 aliphatic carbocycles. The van der Waals surface area contributed by atoms with Crippen LogP contribution in [0, 0.1) is 6.92 Å². The normalized spacial score (nSPS) is 14.3. The maximum absolute atomic E-state index is 12.6. The van der Waals surface area contributed by atoms with Crippen molar-refractivity contribution in [3.8, 4) is 16.9 Å². The molecule has 0 radical (unpaired) electrons. The molecule has 0 N–H and O–H groups in total. The van der Waals surface area contributed by atoms with Crippen molar-refractivity contribution in [2.24, 2.45) is 0 Å². The summed E-state index contributed by atoms with van der Waals surface area (Å²) in [5, 5.41) is 1.37. The SMILES string of the molecule is Cc1c(-c2ccc(Cl)cc2)c(=O)oc2cc(OC(=O)N3CCOCC3)ccc12. The summed E-state index contributed by atoms with van der Waals surface area (Å²) < 4.78 is 16.2. The van der Waals surface area contributed by atoms with Gasteiger partial charge >= 0.3 is 11.7 Å². The second-order valence-electron chi connectivity index (χ2n) is 6.52. The molecule has 6 nitrogen and oxygen atoms in total. The van der Waals surface area contributed by atoms with E-state index < -0.39 is 11.7 Å². The first-order valence-electron chi connectivity index (χ1n) is 8.91. The minimum atomic E-state index is -0.455. The van der Waals surface area contributed by atoms with Crippen LogP contribution < -0.4 is 10.4 Å². The summed E-state index contributed by atoms with van der Waals surface area (Å²) in [7, 11) is 0. The smallest absolute Gasteiger partial charge is 0.415 e. The van der Waals surface area contributed by atoms with Gasteiger partial charge in [0.05, 0.1) is 18.8 Å². The Morgan fingerprint density at radius 1 is 1.11 bits per heavy atom. The van der Waals surface area contributed by atoms with Crippen molar-refractivity contribution in [2.45, 2.75) is 6.92 Å². The van der Waals surface area contributed by atoms with Crippen molar-refractivity contribution in [3.05, 3.63) is 63.5 Å². The third kappa shape index (κ3) is 3.61. The van der Waals surface area contributed by atoms with Gasteiger partial charge in [0.15, 0.2) is 0 Å². The Bertz CT molecular complexity index is 1080. The van der Waals surface area contributed by atoms with Crippen LogP contribution in [0.3, 0.4) is 0 Å². The number of morpholine rings is 1. The van der Waals surface area contributed by atoms with Gasteiger partial charge in [-0.15, -0.1) is 0 Å². The van der Waals surface area contributed by atoms with Crippen LogP contribution in [0.15, 0.2) is 51.7 Å². The lowest BCUT2D eigenvalue weighted by atomic mass is 10.00. The zero-order valence-electron chi connectivity index (χ0n) is 15.2. The van der Waals surface area contributed by atoms with E-state index >= 15 is 0 Å². The fourth-order valence-corrected chi connectivity index (χ4v) is 3.39. The zero-order valence-corrected chi connectivity index (χ0v) is 16.0. The minimum absolute atomic E-state index is 0.325. The van der Waals surface area contributed by atoms with E-state index in [2.05, 4.69) is 0 Å². The van der Waals surface area contributed by atoms with Crippen LogP contribution in [-0.2, 0) is 4.74 Å². The molecule has 1 aromatic heterocycles. The van der Waals surface area contributed by atoms with Crippen LogP contribution in [0.1, 0.15) is 5.56 Å². The van der Waals surface area contributed by atoms with Gasteiger partial charge in [-0.25, -0.2) is 9.59 Å². The van der Waals surface area contributed by atoms with Gasteiger partial charge in [-0.2, -0.15) is 0 Å². The van der Waals surface area contributed by atoms with Gasteiger partial charge in [0.1, 0.15) is 11.3 Å². The molecule has 0 bridgehead atoms. The Morgan fingerprint density at radius 3 is 2.54 bits per heavy atom. The molecule has 1 aliphatic rings. The topological polar surface area (TPSA) is 69.0 Å². The van der Waals surface area contributed by atoms with E-state index in [9.17, 15) is 9.59 Å². The molecule has 7 heteroatoms. The Kier molecular flexibility index (Phi) is 5.07. The number of halogens is 1. The minimum Gasteiger partial charge on any atom is -0.422 e. The molecule has 0 atom stereocenters. The van der Waals surface area contributed by atoms with Crippen LogP contribution in [0.4, 0.5) is 4.79 Å². The summed E-state index contributed by atoms with van der Waals surface area (Å²) in [6.45, 7) is 3.83. The zero-order chi connectivity index (χ0) is 19.7. The van der Waals surface area contributed by atoms with Gasteiger partial charge in [-0.05, 0) is 42.3 Å². The third-order valence-corrected chi connectivity index (χ3v) is 5.00. The van der Waals surface area contributed by atoms with Crippen molar-refractivity contribution in [3.63, 3.8) is 0 Å². The van der Waals surface area contributed by atoms with Crippen molar-refractivity contribution >= 4 is 28.7 Å². The van der Waals surface area contributed by atoms with E-state index in [1.807, 2.05) is 6.92 Å². The fourth-order valence-electron chi connectivity index (χ4n) is 3.26. The average Bonchev–Trinajstić information content (AvgIpc) is 2.70. The number of ether oxygens (including phenoxy) is 2. The number of nitrogens with zero attached hydrogens (tertiary/aromatic N) is 1. The van der Waals surface area contributed by atoms with E-state index in [1.54, 1.807) is 47.4 Å². The Morgan fingerprint density at radius 2 is 1.82 bits per heavy atom. The van der Waals surface area contributed by atoms with E-state index in [4.69, 9.17) is 25.5 Å². The summed E-state index contributed by atoms with van der Waals surface area (Å²) >= 11 is 5.94. The van der Waals surface area contributed by atoms with Gasteiger partial charge < -0.3 is 18.8 Å². The van der Waals surface area contributed by atoms with E-state index in [0.717, 1.165) is 16.5 Å². The number of amides is 1. The lowest BCUT2D eigenvalue weighted by Crippen LogP contribution is -2.42. The number of benzene rings is 2. The molecule has 1 amide bonds. The summed E-state index contributed by atoms with van der Waals surface area (Å²) in [6, 6.07) is 12.1. The molecule has 2 heterocycles. The summed E-state index contributed by atoms with van der Waals surface area (Å²) in [6.07, 6.45) is -0.445. The first-order valence-corrected chi connectivity index (χ1v) is 9.28. The highest BCUT2D eigenvalue weighted by atomic mass is 35.5. The third-order valence-electron chi connectivity index (χ3n) is 4.75. The molecule has 1 fully saturated rings. The molecule has 144 valence electrons. The number of fused-ring (bicyclic) bond motifs is 1. The van der Waals surface area contributed by atoms with E-state index in [-0.39, 0.29) is 0 Å². The summed E-state index contributed by atoms with van der Waals surface area (Å²) in [5.41, 5.74) is 1.93. The number of hydrogen-bond donors (Lipinski definition) is 0. The largest absolute Gasteiger partial charge is 0.422 e. The van der Waals surface area contributed by atoms with Gasteiger partial charge in [0.2, 0.25) is 0 Å². The lowest BCUT2D eigenvalue weighted by molar-refractivity contribution is 0.0416. The first kappa shape index (κ1) is 18.5. The van der Waals surface area contributed by atoms with E-state index in [0.29, 0.717) is 48.2 Å². The molecule has 0 unspecified atom stereocenters. The second-order valence-corrected chi connectivity index (χ2v) is 6.96. The van der Waals surface area contributed by atoms with Crippen LogP contribution >= 0.6 is 11.6 Å². The first-order chi connectivity index (χ1) is 13.5. The molecule has 4 rings (SSSR count). The molecular formula is C21H18ClNO5. The highest BCUT2D eigenvalue weighted by molar-refractivity contribution is 6.30. The van der Waals surface area contributed by atoms with Crippen LogP contribution in [-0.4, -0.2) is 37.3 Å². The van der Waals surface area contributed by atoms with Gasteiger partial charge in [0, 0.05) is 29.6 Å². The van der Waals surface area contributed by atoms with Crippen molar-refractivity contribution in [1.82, 2.24) is 4.90 Å². The van der Waals surface area contributed by atoms with Crippen LogP contribution in [0.2, 0.25) is 5.02 Å². The summed E-state index contributed by atoms with van der Waals surface area (Å²) in [4.78, 5) is 26.4. The Labute approximate surface area is 166 Å². The fraction of sp³-hybridized carbons (Fsp3) is 0.238. The van der Waals surface area contributed by atoms with Crippen molar-refractivity contribution in [2.75, 3.05) is 26.3 Å². The van der Waals surface area contributed by atoms with Crippen molar-refractivity contribution in [1.29, 1.82) is 0 Å². The molecule has 2 aromatic carbocycles. The molecule has 0 spiro atoms. The molecule has 28 heavy (non-hydrogen) atoms. The number of carbonyl (C=O) groups excluding carboxylic acids is 1. The van der Waals surface area contributed by atoms with Gasteiger partial charge in [-0.3, -0.25) is 0 Å². The summed E-state index contributed by atoms with van der Waals surface area (Å²) in [5.74, 6) is 0.325. The Hall–Kier alpha value is -2.83. The predicted octanol–water partition coefficient (Wildman–Crippen LogP) is 4.25. The number of aryl methyl sites for hydroxylation is 1. The number of hydrogen-bond acceptors (Lipinski definition) is 5. The molecule has 1 aliphatic heterocycles. The van der Waals surface area contributed by atoms with Crippen LogP contribution in [0.25, 0.3) is 22.1 Å². The van der Waals surface area contributed by atoms with Gasteiger partial charge in [0.25, 0.3) is 0 Å². The molecular weight excluding hydrogens is 382 g/mol. The van der Waals surface area contributed by atoms with Gasteiger partial charge in [-0.1, -0.05) is 23.7 Å². The quantitative estimate of drug-likeness (QED) is 0.602. The monoisotopic (exact) mass is 399 g/mol. The average molecular weight is 400 g/mol. The maximum Gasteiger partial charge on any atom is 0.415 e. The highest BCUT2D eigenvalue weighted by Gasteiger charge is 2.20. The predicted molar refractivity (Wildman–Crippen MR) is 106 cm³/mol. The highest BCUT2D eigenvalue weighted by Crippen LogP contribution is 2.29. The van der Waals surface area contributed by atoms with Crippen molar-refractivity contribution < 1.29 is 18.7 Å². The molecule has 3 aromatic rings.